The van der Waals surface area contributed by atoms with E-state index in [1.807, 2.05) is 49.5 Å². The fraction of sp³-hybridized carbons (Fsp3) is 0.200. The van der Waals surface area contributed by atoms with Crippen molar-refractivity contribution in [3.63, 3.8) is 0 Å². The summed E-state index contributed by atoms with van der Waals surface area (Å²) in [5.74, 6) is 0.775. The number of ether oxygens (including phenoxy) is 1. The molecule has 1 aromatic heterocycles. The van der Waals surface area contributed by atoms with Crippen molar-refractivity contribution in [1.29, 1.82) is 0 Å². The standard InChI is InChI=1S/C25H26N2O3S/c1-17-9-12-19(13-10-17)31(28,29)27-24-8-6-5-7-21(24)25(2,3)22-16-26-23-14-11-18(30-4)15-20(22)23/h5-16,26-27H,1-4H3. The SMILES string of the molecule is COc1ccc2[nH]cc(C(C)(C)c3ccccc3NS(=O)(=O)c3ccc(C)cc3)c2c1. The molecule has 3 aromatic carbocycles. The maximum Gasteiger partial charge on any atom is 0.261 e. The monoisotopic (exact) mass is 434 g/mol. The lowest BCUT2D eigenvalue weighted by Crippen LogP contribution is -2.22. The zero-order valence-electron chi connectivity index (χ0n) is 18.1. The van der Waals surface area contributed by atoms with Crippen molar-refractivity contribution in [2.45, 2.75) is 31.1 Å². The number of aromatic amines is 1. The lowest BCUT2D eigenvalue weighted by atomic mass is 9.77. The summed E-state index contributed by atoms with van der Waals surface area (Å²) in [4.78, 5) is 3.56. The van der Waals surface area contributed by atoms with E-state index in [-0.39, 0.29) is 4.90 Å². The second-order valence-electron chi connectivity index (χ2n) is 8.20. The Morgan fingerprint density at radius 2 is 1.65 bits per heavy atom. The van der Waals surface area contributed by atoms with E-state index in [1.54, 1.807) is 37.4 Å². The summed E-state index contributed by atoms with van der Waals surface area (Å²) in [5, 5.41) is 1.04. The third kappa shape index (κ3) is 3.91. The number of nitrogens with one attached hydrogen (secondary N) is 2. The van der Waals surface area contributed by atoms with Crippen molar-refractivity contribution in [2.75, 3.05) is 11.8 Å². The van der Waals surface area contributed by atoms with Crippen LogP contribution >= 0.6 is 0 Å². The van der Waals surface area contributed by atoms with E-state index in [9.17, 15) is 8.42 Å². The molecule has 0 spiro atoms. The van der Waals surface area contributed by atoms with E-state index in [2.05, 4.69) is 23.6 Å². The second-order valence-corrected chi connectivity index (χ2v) is 9.89. The van der Waals surface area contributed by atoms with Crippen LogP contribution in [0.25, 0.3) is 10.9 Å². The van der Waals surface area contributed by atoms with E-state index in [0.717, 1.165) is 33.3 Å². The highest BCUT2D eigenvalue weighted by Crippen LogP contribution is 2.40. The molecule has 0 amide bonds. The Bertz CT molecular complexity index is 1340. The van der Waals surface area contributed by atoms with Crippen LogP contribution in [0.1, 0.15) is 30.5 Å². The van der Waals surface area contributed by atoms with E-state index in [0.29, 0.717) is 5.69 Å². The number of benzene rings is 3. The minimum absolute atomic E-state index is 0.238. The number of hydrogen-bond acceptors (Lipinski definition) is 3. The summed E-state index contributed by atoms with van der Waals surface area (Å²) in [7, 11) is -2.07. The van der Waals surface area contributed by atoms with Crippen LogP contribution in [0.15, 0.2) is 77.8 Å². The zero-order chi connectivity index (χ0) is 22.2. The Labute approximate surface area is 183 Å². The molecule has 4 rings (SSSR count). The molecule has 0 saturated carbocycles. The molecule has 0 radical (unpaired) electrons. The van der Waals surface area contributed by atoms with Gasteiger partial charge in [-0.15, -0.1) is 0 Å². The number of sulfonamides is 1. The molecule has 0 saturated heterocycles. The maximum atomic E-state index is 13.0. The van der Waals surface area contributed by atoms with Crippen molar-refractivity contribution in [3.8, 4) is 5.75 Å². The van der Waals surface area contributed by atoms with Crippen LogP contribution in [0.2, 0.25) is 0 Å². The van der Waals surface area contributed by atoms with Crippen molar-refractivity contribution in [1.82, 2.24) is 4.98 Å². The van der Waals surface area contributed by atoms with Crippen LogP contribution < -0.4 is 9.46 Å². The van der Waals surface area contributed by atoms with Gasteiger partial charge in [0.05, 0.1) is 17.7 Å². The Kier molecular flexibility index (Phi) is 5.27. The van der Waals surface area contributed by atoms with Gasteiger partial charge in [0.15, 0.2) is 0 Å². The van der Waals surface area contributed by atoms with Crippen LogP contribution in [0.3, 0.4) is 0 Å². The maximum absolute atomic E-state index is 13.0. The minimum Gasteiger partial charge on any atom is -0.497 e. The van der Waals surface area contributed by atoms with Crippen molar-refractivity contribution in [2.24, 2.45) is 0 Å². The van der Waals surface area contributed by atoms with E-state index in [1.165, 1.54) is 0 Å². The van der Waals surface area contributed by atoms with Crippen LogP contribution in [0.4, 0.5) is 5.69 Å². The summed E-state index contributed by atoms with van der Waals surface area (Å²) >= 11 is 0. The van der Waals surface area contributed by atoms with Gasteiger partial charge in [0.25, 0.3) is 10.0 Å². The number of hydrogen-bond donors (Lipinski definition) is 2. The molecular formula is C25H26N2O3S. The molecule has 0 fully saturated rings. The quantitative estimate of drug-likeness (QED) is 0.414. The van der Waals surface area contributed by atoms with Gasteiger partial charge in [-0.1, -0.05) is 49.7 Å². The fourth-order valence-electron chi connectivity index (χ4n) is 3.93. The van der Waals surface area contributed by atoms with Gasteiger partial charge < -0.3 is 9.72 Å². The first-order valence-electron chi connectivity index (χ1n) is 10.1. The summed E-state index contributed by atoms with van der Waals surface area (Å²) in [6, 6.07) is 20.3. The third-order valence-electron chi connectivity index (χ3n) is 5.74. The minimum atomic E-state index is -3.71. The molecule has 0 bridgehead atoms. The van der Waals surface area contributed by atoms with Crippen LogP contribution in [-0.2, 0) is 15.4 Å². The van der Waals surface area contributed by atoms with Gasteiger partial charge in [0, 0.05) is 22.5 Å². The first-order chi connectivity index (χ1) is 14.7. The Morgan fingerprint density at radius 1 is 0.935 bits per heavy atom. The normalized spacial score (nSPS) is 12.1. The molecule has 0 unspecified atom stereocenters. The zero-order valence-corrected chi connectivity index (χ0v) is 18.9. The molecule has 2 N–H and O–H groups in total. The number of aryl methyl sites for hydroxylation is 1. The first kappa shape index (κ1) is 21.0. The van der Waals surface area contributed by atoms with Crippen LogP contribution in [0, 0.1) is 6.92 Å². The highest BCUT2D eigenvalue weighted by Gasteiger charge is 2.30. The molecule has 0 aliphatic rings. The van der Waals surface area contributed by atoms with Gasteiger partial charge in [-0.3, -0.25) is 4.72 Å². The topological polar surface area (TPSA) is 71.2 Å². The van der Waals surface area contributed by atoms with Gasteiger partial charge >= 0.3 is 0 Å². The lowest BCUT2D eigenvalue weighted by Gasteiger charge is -2.28. The van der Waals surface area contributed by atoms with Gasteiger partial charge in [-0.2, -0.15) is 0 Å². The average Bonchev–Trinajstić information content (AvgIpc) is 3.18. The predicted octanol–water partition coefficient (Wildman–Crippen LogP) is 5.61. The fourth-order valence-corrected chi connectivity index (χ4v) is 5.01. The Morgan fingerprint density at radius 3 is 2.35 bits per heavy atom. The van der Waals surface area contributed by atoms with Crippen molar-refractivity contribution >= 4 is 26.6 Å². The average molecular weight is 435 g/mol. The smallest absolute Gasteiger partial charge is 0.261 e. The largest absolute Gasteiger partial charge is 0.497 e. The lowest BCUT2D eigenvalue weighted by molar-refractivity contribution is 0.415. The molecular weight excluding hydrogens is 408 g/mol. The first-order valence-corrected chi connectivity index (χ1v) is 11.6. The van der Waals surface area contributed by atoms with Crippen LogP contribution in [-0.4, -0.2) is 20.5 Å². The van der Waals surface area contributed by atoms with Gasteiger partial charge in [0.1, 0.15) is 5.75 Å². The molecule has 4 aromatic rings. The summed E-state index contributed by atoms with van der Waals surface area (Å²) < 4.78 is 34.3. The highest BCUT2D eigenvalue weighted by molar-refractivity contribution is 7.92. The molecule has 0 aliphatic carbocycles. The number of aromatic nitrogens is 1. The van der Waals surface area contributed by atoms with E-state index >= 15 is 0 Å². The highest BCUT2D eigenvalue weighted by atomic mass is 32.2. The third-order valence-corrected chi connectivity index (χ3v) is 7.12. The van der Waals surface area contributed by atoms with Crippen molar-refractivity contribution < 1.29 is 13.2 Å². The predicted molar refractivity (Wildman–Crippen MR) is 125 cm³/mol. The van der Waals surface area contributed by atoms with Gasteiger partial charge in [0.2, 0.25) is 0 Å². The van der Waals surface area contributed by atoms with Gasteiger partial charge in [-0.25, -0.2) is 8.42 Å². The molecule has 1 heterocycles. The molecule has 160 valence electrons. The number of rotatable bonds is 6. The molecule has 0 atom stereocenters. The summed E-state index contributed by atoms with van der Waals surface area (Å²) in [6.07, 6.45) is 1.98. The van der Waals surface area contributed by atoms with Gasteiger partial charge in [-0.05, 0) is 54.4 Å². The number of anilines is 1. The summed E-state index contributed by atoms with van der Waals surface area (Å²) in [6.45, 7) is 6.11. The molecule has 6 heteroatoms. The number of methoxy groups -OCH3 is 1. The Balaban J connectivity index is 1.78. The van der Waals surface area contributed by atoms with E-state index < -0.39 is 15.4 Å². The Hall–Kier alpha value is -3.25. The number of H-pyrrole nitrogens is 1. The summed E-state index contributed by atoms with van der Waals surface area (Å²) in [5.41, 5.74) is 4.04. The van der Waals surface area contributed by atoms with E-state index in [4.69, 9.17) is 4.74 Å². The number of para-hydroxylation sites is 1. The van der Waals surface area contributed by atoms with Crippen molar-refractivity contribution in [3.05, 3.63) is 89.6 Å². The molecule has 0 aliphatic heterocycles. The molecule has 5 nitrogen and oxygen atoms in total. The number of fused-ring (bicyclic) bond motifs is 1. The molecule has 31 heavy (non-hydrogen) atoms. The second kappa shape index (κ2) is 7.78. The van der Waals surface area contributed by atoms with Crippen LogP contribution in [0.5, 0.6) is 5.75 Å².